The molecule has 5 rings (SSSR count). The molecule has 6 N–H and O–H groups in total. The minimum atomic E-state index is 0. The summed E-state index contributed by atoms with van der Waals surface area (Å²) < 4.78 is 0. The summed E-state index contributed by atoms with van der Waals surface area (Å²) in [5.41, 5.74) is 7.80. The van der Waals surface area contributed by atoms with Crippen LogP contribution in [-0.4, -0.2) is 47.5 Å². The lowest BCUT2D eigenvalue weighted by molar-refractivity contribution is 0.118. The second-order valence-corrected chi connectivity index (χ2v) is 11.9. The number of nitrogens with one attached hydrogen (secondary N) is 4. The average molecular weight is 464 g/mol. The van der Waals surface area contributed by atoms with Crippen LogP contribution in [0.3, 0.4) is 0 Å². The van der Waals surface area contributed by atoms with E-state index in [-0.39, 0.29) is 11.8 Å². The van der Waals surface area contributed by atoms with Gasteiger partial charge in [-0.2, -0.15) is 0 Å². The Balaban J connectivity index is 0.00000259. The Hall–Kier alpha value is -0.240. The van der Waals surface area contributed by atoms with Crippen LogP contribution in [0.1, 0.15) is 116 Å². The first-order chi connectivity index (χ1) is 15.8. The van der Waals surface area contributed by atoms with Gasteiger partial charge < -0.3 is 10.8 Å². The summed E-state index contributed by atoms with van der Waals surface area (Å²) in [7, 11) is 0. The highest BCUT2D eigenvalue weighted by Gasteiger charge is 2.44. The van der Waals surface area contributed by atoms with Gasteiger partial charge in [0.05, 0.1) is 6.67 Å². The molecule has 2 aliphatic heterocycles. The van der Waals surface area contributed by atoms with E-state index in [4.69, 9.17) is 0 Å². The van der Waals surface area contributed by atoms with Gasteiger partial charge in [-0.25, -0.2) is 5.43 Å². The van der Waals surface area contributed by atoms with E-state index < -0.39 is 0 Å². The van der Waals surface area contributed by atoms with Crippen LogP contribution in [0.5, 0.6) is 0 Å². The zero-order chi connectivity index (χ0) is 21.8. The summed E-state index contributed by atoms with van der Waals surface area (Å²) >= 11 is 0. The van der Waals surface area contributed by atoms with Crippen molar-refractivity contribution < 1.29 is 5.48 Å². The Bertz CT molecular complexity index is 559. The average Bonchev–Trinajstić information content (AvgIpc) is 3.25. The van der Waals surface area contributed by atoms with Gasteiger partial charge in [-0.05, 0) is 69.1 Å². The lowest BCUT2D eigenvalue weighted by Crippen LogP contribution is -2.58. The summed E-state index contributed by atoms with van der Waals surface area (Å²) in [6.07, 6.45) is 24.3. The quantitative estimate of drug-likeness (QED) is 0.506. The Morgan fingerprint density at radius 1 is 0.667 bits per heavy atom. The first kappa shape index (κ1) is 25.8. The van der Waals surface area contributed by atoms with Crippen LogP contribution >= 0.6 is 0 Å². The van der Waals surface area contributed by atoms with Crippen molar-refractivity contribution in [1.29, 1.82) is 0 Å². The lowest BCUT2D eigenvalue weighted by Gasteiger charge is -2.38. The molecule has 192 valence electrons. The van der Waals surface area contributed by atoms with Crippen LogP contribution < -0.4 is 21.5 Å². The molecule has 0 radical (unpaired) electrons. The minimum Gasteiger partial charge on any atom is -0.412 e. The van der Waals surface area contributed by atoms with Gasteiger partial charge in [0.15, 0.2) is 0 Å². The number of fused-ring (bicyclic) bond motifs is 1. The minimum absolute atomic E-state index is 0. The second kappa shape index (κ2) is 12.6. The van der Waals surface area contributed by atoms with Crippen LogP contribution in [0, 0.1) is 17.8 Å². The van der Waals surface area contributed by atoms with Crippen molar-refractivity contribution >= 4 is 0 Å². The van der Waals surface area contributed by atoms with Gasteiger partial charge in [0.1, 0.15) is 6.29 Å². The number of hydrogen-bond acceptors (Lipinski definition) is 5. The van der Waals surface area contributed by atoms with Crippen molar-refractivity contribution in [3.8, 4) is 0 Å². The van der Waals surface area contributed by atoms with Crippen molar-refractivity contribution in [1.82, 2.24) is 26.4 Å². The van der Waals surface area contributed by atoms with Crippen LogP contribution in [0.25, 0.3) is 0 Å². The Morgan fingerprint density at radius 2 is 1.21 bits per heavy atom. The van der Waals surface area contributed by atoms with E-state index in [9.17, 15) is 0 Å². The van der Waals surface area contributed by atoms with Gasteiger partial charge in [-0.15, -0.1) is 0 Å². The summed E-state index contributed by atoms with van der Waals surface area (Å²) in [5.74, 6) is 2.57. The first-order valence-electron chi connectivity index (χ1n) is 14.6. The van der Waals surface area contributed by atoms with E-state index in [0.717, 1.165) is 24.4 Å². The number of rotatable bonds is 4. The molecule has 0 aromatic carbocycles. The fraction of sp³-hybridized carbons (Fsp3) is 1.00. The van der Waals surface area contributed by atoms with E-state index in [0.29, 0.717) is 24.2 Å². The van der Waals surface area contributed by atoms with Gasteiger partial charge in [0.2, 0.25) is 0 Å². The highest BCUT2D eigenvalue weighted by molar-refractivity contribution is 4.99. The second-order valence-electron chi connectivity index (χ2n) is 11.9. The maximum atomic E-state index is 4.17. The van der Waals surface area contributed by atoms with Crippen LogP contribution in [0.2, 0.25) is 0 Å². The molecule has 3 saturated carbocycles. The van der Waals surface area contributed by atoms with E-state index in [1.807, 2.05) is 0 Å². The molecule has 5 fully saturated rings. The van der Waals surface area contributed by atoms with E-state index in [2.05, 4.69) is 33.3 Å². The first-order valence-corrected chi connectivity index (χ1v) is 14.6. The zero-order valence-electron chi connectivity index (χ0n) is 21.3. The normalized spacial score (nSPS) is 38.6. The third-order valence-corrected chi connectivity index (χ3v) is 9.99. The molecule has 2 saturated heterocycles. The smallest absolute Gasteiger partial charge is 0.128 e. The summed E-state index contributed by atoms with van der Waals surface area (Å²) in [6, 6.07) is 2.55. The van der Waals surface area contributed by atoms with Crippen molar-refractivity contribution in [3.63, 3.8) is 0 Å². The molecule has 5 atom stereocenters. The van der Waals surface area contributed by atoms with Gasteiger partial charge in [-0.1, -0.05) is 64.7 Å². The third-order valence-electron chi connectivity index (χ3n) is 9.99. The van der Waals surface area contributed by atoms with Gasteiger partial charge >= 0.3 is 0 Å². The molecule has 0 aromatic rings. The van der Waals surface area contributed by atoms with Crippen LogP contribution in [0.15, 0.2) is 0 Å². The molecule has 6 nitrogen and oxygen atoms in total. The zero-order valence-corrected chi connectivity index (χ0v) is 21.3. The molecular weight excluding hydrogens is 410 g/mol. The fourth-order valence-corrected chi connectivity index (χ4v) is 8.12. The fourth-order valence-electron chi connectivity index (χ4n) is 8.12. The molecule has 0 aromatic heterocycles. The number of hydrazine groups is 1. The Morgan fingerprint density at radius 3 is 1.79 bits per heavy atom. The number of nitrogens with zero attached hydrogens (tertiary/aromatic N) is 1. The topological polar surface area (TPSA) is 82.9 Å². The molecule has 2 heterocycles. The molecule has 33 heavy (non-hydrogen) atoms. The monoisotopic (exact) mass is 463 g/mol. The lowest BCUT2D eigenvalue weighted by atomic mass is 9.77. The molecule has 5 unspecified atom stereocenters. The van der Waals surface area contributed by atoms with E-state index in [1.165, 1.54) is 109 Å². The molecule has 6 heteroatoms. The maximum absolute atomic E-state index is 4.17. The van der Waals surface area contributed by atoms with Crippen molar-refractivity contribution in [3.05, 3.63) is 0 Å². The van der Waals surface area contributed by atoms with Crippen molar-refractivity contribution in [2.45, 2.75) is 147 Å². The molecule has 0 spiro atoms. The standard InChI is InChI=1S/C27H51N5.H2O/c1-2-25-26(22-16-10-5-11-17-22)29-27-31-30-24(21-14-8-4-9-15-21)18-23(28-19-32(25)27)20-12-6-3-7-13-20;/h20-31H,2-19H2,1H3;1H2. The molecular formula is C27H53N5O. The molecule has 0 bridgehead atoms. The number of hydrogen-bond donors (Lipinski definition) is 4. The van der Waals surface area contributed by atoms with Gasteiger partial charge in [-0.3, -0.25) is 15.6 Å². The van der Waals surface area contributed by atoms with Gasteiger partial charge in [0, 0.05) is 24.2 Å². The highest BCUT2D eigenvalue weighted by atomic mass is 16.0. The van der Waals surface area contributed by atoms with Crippen molar-refractivity contribution in [2.75, 3.05) is 6.67 Å². The summed E-state index contributed by atoms with van der Waals surface area (Å²) in [4.78, 5) is 2.74. The summed E-state index contributed by atoms with van der Waals surface area (Å²) in [5, 5.41) is 8.25. The van der Waals surface area contributed by atoms with E-state index >= 15 is 0 Å². The molecule has 0 amide bonds. The third kappa shape index (κ3) is 6.13. The maximum Gasteiger partial charge on any atom is 0.128 e. The predicted octanol–water partition coefficient (Wildman–Crippen LogP) is 4.02. The SMILES string of the molecule is CCC1C(C2CCCCC2)NC2NNC(C3CCCCC3)CC(C3CCCCC3)NCN21.O. The highest BCUT2D eigenvalue weighted by Crippen LogP contribution is 2.36. The molecule has 5 aliphatic rings. The largest absolute Gasteiger partial charge is 0.412 e. The van der Waals surface area contributed by atoms with Crippen molar-refractivity contribution in [2.24, 2.45) is 17.8 Å². The van der Waals surface area contributed by atoms with Crippen LogP contribution in [-0.2, 0) is 0 Å². The molecule has 3 aliphatic carbocycles. The van der Waals surface area contributed by atoms with E-state index in [1.54, 1.807) is 0 Å². The predicted molar refractivity (Wildman–Crippen MR) is 136 cm³/mol. The summed E-state index contributed by atoms with van der Waals surface area (Å²) in [6.45, 7) is 3.45. The van der Waals surface area contributed by atoms with Gasteiger partial charge in [0.25, 0.3) is 0 Å². The van der Waals surface area contributed by atoms with Crippen LogP contribution in [0.4, 0.5) is 0 Å². The Kier molecular flexibility index (Phi) is 9.90. The Labute approximate surface area is 203 Å².